The van der Waals surface area contributed by atoms with E-state index < -0.39 is 6.10 Å². The molecule has 70 valence electrons. The molecule has 0 aliphatic rings. The minimum Gasteiger partial charge on any atom is -0.385 e. The quantitative estimate of drug-likeness (QED) is 0.712. The monoisotopic (exact) mass is 179 g/mol. The third kappa shape index (κ3) is 2.36. The number of carbonyl (C=O) groups is 1. The number of aliphatic hydroxyl groups excluding tert-OH is 1. The molecule has 0 aliphatic heterocycles. The first-order valence-corrected chi connectivity index (χ1v) is 4.29. The van der Waals surface area contributed by atoms with Gasteiger partial charge in [-0.15, -0.1) is 0 Å². The smallest absolute Gasteiger partial charge is 0.192 e. The maximum atomic E-state index is 11.4. The molecule has 0 saturated carbocycles. The molecule has 0 radical (unpaired) electrons. The van der Waals surface area contributed by atoms with Crippen molar-refractivity contribution in [3.8, 4) is 0 Å². The first-order valence-electron chi connectivity index (χ1n) is 4.29. The fourth-order valence-corrected chi connectivity index (χ4v) is 1.07. The van der Waals surface area contributed by atoms with Crippen LogP contribution in [0.3, 0.4) is 0 Å². The Morgan fingerprint density at radius 3 is 2.85 bits per heavy atom. The van der Waals surface area contributed by atoms with E-state index in [4.69, 9.17) is 0 Å². The van der Waals surface area contributed by atoms with Crippen molar-refractivity contribution >= 4 is 5.78 Å². The third-order valence-corrected chi connectivity index (χ3v) is 1.85. The zero-order chi connectivity index (χ0) is 9.84. The van der Waals surface area contributed by atoms with Crippen molar-refractivity contribution in [3.63, 3.8) is 0 Å². The number of hydrogen-bond donors (Lipinski definition) is 1. The molecule has 0 spiro atoms. The molecule has 1 N–H and O–H groups in total. The molecular weight excluding hydrogens is 166 g/mol. The van der Waals surface area contributed by atoms with Crippen LogP contribution < -0.4 is 0 Å². The van der Waals surface area contributed by atoms with Crippen LogP contribution >= 0.6 is 0 Å². The van der Waals surface area contributed by atoms with Gasteiger partial charge in [0.15, 0.2) is 5.78 Å². The van der Waals surface area contributed by atoms with Crippen LogP contribution in [0.15, 0.2) is 18.5 Å². The molecule has 1 aromatic heterocycles. The van der Waals surface area contributed by atoms with Crippen LogP contribution in [-0.4, -0.2) is 22.0 Å². The highest BCUT2D eigenvalue weighted by Gasteiger charge is 2.14. The van der Waals surface area contributed by atoms with E-state index in [1.54, 1.807) is 19.2 Å². The predicted octanol–water partition coefficient (Wildman–Crippen LogP) is 1.34. The number of aliphatic hydroxyl groups is 1. The topological polar surface area (TPSA) is 50.2 Å². The van der Waals surface area contributed by atoms with Crippen molar-refractivity contribution < 1.29 is 9.90 Å². The number of carbonyl (C=O) groups excluding carboxylic acids is 1. The lowest BCUT2D eigenvalue weighted by Crippen LogP contribution is -2.19. The van der Waals surface area contributed by atoms with Crippen LogP contribution in [0.25, 0.3) is 0 Å². The number of aromatic nitrogens is 1. The summed E-state index contributed by atoms with van der Waals surface area (Å²) in [6, 6.07) is 1.73. The Morgan fingerprint density at radius 1 is 1.62 bits per heavy atom. The van der Waals surface area contributed by atoms with E-state index in [0.29, 0.717) is 12.0 Å². The average molecular weight is 179 g/mol. The lowest BCUT2D eigenvalue weighted by molar-refractivity contribution is 0.0740. The predicted molar refractivity (Wildman–Crippen MR) is 49.6 cm³/mol. The summed E-state index contributed by atoms with van der Waals surface area (Å²) in [6.45, 7) is 3.63. The van der Waals surface area contributed by atoms with Gasteiger partial charge < -0.3 is 5.11 Å². The van der Waals surface area contributed by atoms with Crippen molar-refractivity contribution in [2.45, 2.75) is 26.4 Å². The van der Waals surface area contributed by atoms with Crippen molar-refractivity contribution in [1.82, 2.24) is 4.98 Å². The summed E-state index contributed by atoms with van der Waals surface area (Å²) in [5.74, 6) is -0.251. The number of aryl methyl sites for hydroxylation is 1. The van der Waals surface area contributed by atoms with Crippen molar-refractivity contribution in [2.75, 3.05) is 0 Å². The summed E-state index contributed by atoms with van der Waals surface area (Å²) < 4.78 is 0. The van der Waals surface area contributed by atoms with E-state index in [1.807, 2.05) is 6.92 Å². The van der Waals surface area contributed by atoms with Crippen molar-refractivity contribution in [2.24, 2.45) is 0 Å². The Kier molecular flexibility index (Phi) is 3.14. The molecule has 3 heteroatoms. The zero-order valence-corrected chi connectivity index (χ0v) is 7.82. The highest BCUT2D eigenvalue weighted by Crippen LogP contribution is 2.06. The summed E-state index contributed by atoms with van der Waals surface area (Å²) in [5.41, 5.74) is 1.41. The molecule has 1 aromatic rings. The molecule has 0 amide bonds. The average Bonchev–Trinajstić information content (AvgIpc) is 2.15. The second-order valence-electron chi connectivity index (χ2n) is 3.04. The van der Waals surface area contributed by atoms with E-state index in [9.17, 15) is 9.90 Å². The zero-order valence-electron chi connectivity index (χ0n) is 7.82. The standard InChI is InChI=1S/C10H13NO2/c1-3-9(12)10(13)8-4-7(2)5-11-6-8/h4-6,9,12H,3H2,1-2H3. The highest BCUT2D eigenvalue weighted by molar-refractivity contribution is 5.99. The summed E-state index contributed by atoms with van der Waals surface area (Å²) in [4.78, 5) is 15.3. The summed E-state index contributed by atoms with van der Waals surface area (Å²) in [7, 11) is 0. The second kappa shape index (κ2) is 4.14. The van der Waals surface area contributed by atoms with E-state index in [0.717, 1.165) is 5.56 Å². The van der Waals surface area contributed by atoms with E-state index in [-0.39, 0.29) is 5.78 Å². The van der Waals surface area contributed by atoms with Gasteiger partial charge in [0.25, 0.3) is 0 Å². The molecule has 0 fully saturated rings. The Hall–Kier alpha value is -1.22. The number of pyridine rings is 1. The SMILES string of the molecule is CCC(O)C(=O)c1cncc(C)c1. The third-order valence-electron chi connectivity index (χ3n) is 1.85. The molecule has 0 aromatic carbocycles. The van der Waals surface area contributed by atoms with Gasteiger partial charge in [-0.2, -0.15) is 0 Å². The number of nitrogens with zero attached hydrogens (tertiary/aromatic N) is 1. The Morgan fingerprint density at radius 2 is 2.31 bits per heavy atom. The molecule has 3 nitrogen and oxygen atoms in total. The van der Waals surface area contributed by atoms with Crippen LogP contribution in [0.4, 0.5) is 0 Å². The van der Waals surface area contributed by atoms with E-state index in [2.05, 4.69) is 4.98 Å². The number of Topliss-reactive ketones (excluding diaryl/α,β-unsaturated/α-hetero) is 1. The van der Waals surface area contributed by atoms with Crippen LogP contribution in [0.5, 0.6) is 0 Å². The maximum absolute atomic E-state index is 11.4. The molecule has 0 saturated heterocycles. The Labute approximate surface area is 77.4 Å². The van der Waals surface area contributed by atoms with Gasteiger partial charge in [-0.3, -0.25) is 9.78 Å². The molecule has 1 heterocycles. The number of rotatable bonds is 3. The van der Waals surface area contributed by atoms with Gasteiger partial charge >= 0.3 is 0 Å². The lowest BCUT2D eigenvalue weighted by Gasteiger charge is -2.06. The molecule has 0 bridgehead atoms. The Bertz CT molecular complexity index is 310. The Balaban J connectivity index is 2.89. The van der Waals surface area contributed by atoms with Crippen molar-refractivity contribution in [3.05, 3.63) is 29.6 Å². The molecule has 1 atom stereocenters. The maximum Gasteiger partial charge on any atom is 0.192 e. The minimum absolute atomic E-state index is 0.251. The van der Waals surface area contributed by atoms with Gasteiger partial charge in [0, 0.05) is 18.0 Å². The molecule has 0 aliphatic carbocycles. The van der Waals surface area contributed by atoms with Gasteiger partial charge in [-0.05, 0) is 25.0 Å². The van der Waals surface area contributed by atoms with Gasteiger partial charge in [0.2, 0.25) is 0 Å². The van der Waals surface area contributed by atoms with Crippen LogP contribution in [0, 0.1) is 6.92 Å². The van der Waals surface area contributed by atoms with Crippen LogP contribution in [0.1, 0.15) is 29.3 Å². The van der Waals surface area contributed by atoms with Gasteiger partial charge in [-0.1, -0.05) is 6.92 Å². The van der Waals surface area contributed by atoms with Crippen molar-refractivity contribution in [1.29, 1.82) is 0 Å². The van der Waals surface area contributed by atoms with Crippen LogP contribution in [-0.2, 0) is 0 Å². The molecule has 1 unspecified atom stereocenters. The van der Waals surface area contributed by atoms with Gasteiger partial charge in [0.1, 0.15) is 6.10 Å². The molecule has 1 rings (SSSR count). The summed E-state index contributed by atoms with van der Waals surface area (Å²) in [6.07, 6.45) is 2.69. The number of hydrogen-bond acceptors (Lipinski definition) is 3. The largest absolute Gasteiger partial charge is 0.385 e. The van der Waals surface area contributed by atoms with Gasteiger partial charge in [-0.25, -0.2) is 0 Å². The summed E-state index contributed by atoms with van der Waals surface area (Å²) in [5, 5.41) is 9.29. The van der Waals surface area contributed by atoms with E-state index in [1.165, 1.54) is 6.20 Å². The first kappa shape index (κ1) is 9.86. The van der Waals surface area contributed by atoms with Crippen LogP contribution in [0.2, 0.25) is 0 Å². The normalized spacial score (nSPS) is 12.5. The summed E-state index contributed by atoms with van der Waals surface area (Å²) >= 11 is 0. The second-order valence-corrected chi connectivity index (χ2v) is 3.04. The number of ketones is 1. The van der Waals surface area contributed by atoms with Gasteiger partial charge in [0.05, 0.1) is 0 Å². The molecular formula is C10H13NO2. The lowest BCUT2D eigenvalue weighted by atomic mass is 10.1. The molecule has 13 heavy (non-hydrogen) atoms. The highest BCUT2D eigenvalue weighted by atomic mass is 16.3. The fourth-order valence-electron chi connectivity index (χ4n) is 1.07. The van der Waals surface area contributed by atoms with E-state index >= 15 is 0 Å². The first-order chi connectivity index (χ1) is 6.15. The fraction of sp³-hybridized carbons (Fsp3) is 0.400. The minimum atomic E-state index is -0.899.